The summed E-state index contributed by atoms with van der Waals surface area (Å²) in [5.74, 6) is -1.60. The highest BCUT2D eigenvalue weighted by Gasteiger charge is 1.93. The fraction of sp³-hybridized carbons (Fsp3) is 0.667. The highest BCUT2D eigenvalue weighted by molar-refractivity contribution is 5.05. The fourth-order valence-corrected chi connectivity index (χ4v) is 1.80. The zero-order valence-electron chi connectivity index (χ0n) is 13.5. The predicted octanol–water partition coefficient (Wildman–Crippen LogP) is 6.13. The second kappa shape index (κ2) is 15.4. The number of benzene rings is 1. The van der Waals surface area contributed by atoms with E-state index < -0.39 is 11.6 Å². The zero-order valence-corrected chi connectivity index (χ0v) is 13.5. The van der Waals surface area contributed by atoms with Gasteiger partial charge in [0, 0.05) is 13.2 Å². The van der Waals surface area contributed by atoms with E-state index in [9.17, 15) is 8.78 Å². The van der Waals surface area contributed by atoms with E-state index in [1.807, 2.05) is 0 Å². The predicted molar refractivity (Wildman–Crippen MR) is 85.5 cm³/mol. The summed E-state index contributed by atoms with van der Waals surface area (Å²) in [7, 11) is 0. The molecule has 1 nitrogen and oxygen atoms in total. The molecular weight excluding hydrogens is 270 g/mol. The number of ether oxygens (including phenoxy) is 1. The van der Waals surface area contributed by atoms with E-state index >= 15 is 0 Å². The summed E-state index contributed by atoms with van der Waals surface area (Å²) in [6, 6.07) is 5.04. The van der Waals surface area contributed by atoms with E-state index in [2.05, 4.69) is 13.8 Å². The number of rotatable bonds is 10. The van der Waals surface area contributed by atoms with Gasteiger partial charge in [0.15, 0.2) is 11.6 Å². The van der Waals surface area contributed by atoms with Crippen molar-refractivity contribution in [1.29, 1.82) is 0 Å². The van der Waals surface area contributed by atoms with Gasteiger partial charge in [-0.25, -0.2) is 8.78 Å². The van der Waals surface area contributed by atoms with E-state index in [1.165, 1.54) is 63.5 Å². The minimum absolute atomic E-state index is 0.799. The van der Waals surface area contributed by atoms with Crippen LogP contribution in [0.1, 0.15) is 65.2 Å². The Morgan fingerprint density at radius 1 is 0.714 bits per heavy atom. The molecule has 21 heavy (non-hydrogen) atoms. The van der Waals surface area contributed by atoms with Crippen molar-refractivity contribution in [2.75, 3.05) is 13.2 Å². The van der Waals surface area contributed by atoms with Gasteiger partial charge in [-0.05, 0) is 25.0 Å². The molecule has 0 heterocycles. The summed E-state index contributed by atoms with van der Waals surface area (Å²) in [4.78, 5) is 0. The maximum atomic E-state index is 11.9. The van der Waals surface area contributed by atoms with Crippen molar-refractivity contribution in [2.24, 2.45) is 0 Å². The molecule has 0 saturated heterocycles. The van der Waals surface area contributed by atoms with Crippen LogP contribution >= 0.6 is 0 Å². The summed E-state index contributed by atoms with van der Waals surface area (Å²) in [6.45, 7) is 6.44. The molecule has 0 aliphatic heterocycles. The molecule has 122 valence electrons. The summed E-state index contributed by atoms with van der Waals surface area (Å²) < 4.78 is 29.4. The van der Waals surface area contributed by atoms with E-state index in [1.54, 1.807) is 0 Å². The third-order valence-corrected chi connectivity index (χ3v) is 3.11. The maximum Gasteiger partial charge on any atom is 0.158 e. The molecule has 0 aliphatic rings. The molecule has 0 unspecified atom stereocenters. The van der Waals surface area contributed by atoms with Gasteiger partial charge in [0.05, 0.1) is 0 Å². The summed E-state index contributed by atoms with van der Waals surface area (Å²) in [5.41, 5.74) is 0. The molecule has 0 aromatic heterocycles. The first-order chi connectivity index (χ1) is 10.2. The van der Waals surface area contributed by atoms with Crippen molar-refractivity contribution in [1.82, 2.24) is 0 Å². The third-order valence-electron chi connectivity index (χ3n) is 3.11. The minimum Gasteiger partial charge on any atom is -0.381 e. The van der Waals surface area contributed by atoms with Crippen molar-refractivity contribution < 1.29 is 13.5 Å². The molecule has 1 aromatic carbocycles. The first kappa shape index (κ1) is 20.0. The Bertz CT molecular complexity index is 298. The van der Waals surface area contributed by atoms with E-state index in [0.29, 0.717) is 0 Å². The van der Waals surface area contributed by atoms with Crippen LogP contribution in [-0.2, 0) is 4.74 Å². The van der Waals surface area contributed by atoms with Gasteiger partial charge >= 0.3 is 0 Å². The molecule has 1 rings (SSSR count). The Balaban J connectivity index is 0.000000423. The molecule has 0 spiro atoms. The van der Waals surface area contributed by atoms with Crippen LogP contribution in [0.3, 0.4) is 0 Å². The Labute approximate surface area is 128 Å². The molecule has 0 aliphatic carbocycles. The highest BCUT2D eigenvalue weighted by Crippen LogP contribution is 2.02. The lowest BCUT2D eigenvalue weighted by Gasteiger charge is -2.03. The summed E-state index contributed by atoms with van der Waals surface area (Å²) >= 11 is 0. The lowest BCUT2D eigenvalue weighted by atomic mass is 10.2. The fourth-order valence-electron chi connectivity index (χ4n) is 1.80. The van der Waals surface area contributed by atoms with Gasteiger partial charge < -0.3 is 4.74 Å². The smallest absolute Gasteiger partial charge is 0.158 e. The van der Waals surface area contributed by atoms with Crippen molar-refractivity contribution >= 4 is 0 Å². The molecular formula is C18H30F2O. The molecule has 0 N–H and O–H groups in total. The molecule has 0 bridgehead atoms. The molecule has 3 heteroatoms. The van der Waals surface area contributed by atoms with Crippen LogP contribution in [0.4, 0.5) is 8.78 Å². The number of hydrogen-bond donors (Lipinski definition) is 0. The number of hydrogen-bond acceptors (Lipinski definition) is 1. The van der Waals surface area contributed by atoms with Gasteiger partial charge in [-0.1, -0.05) is 64.5 Å². The standard InChI is InChI=1S/C12H26O.C6H4F2/c1-3-5-7-9-11-13-12-10-8-6-4-2;7-5-3-1-2-4-6(5)8/h3-12H2,1-2H3;1-4H. The second-order valence-corrected chi connectivity index (χ2v) is 5.15. The lowest BCUT2D eigenvalue weighted by molar-refractivity contribution is 0.126. The lowest BCUT2D eigenvalue weighted by Crippen LogP contribution is -1.96. The van der Waals surface area contributed by atoms with Crippen LogP contribution < -0.4 is 0 Å². The van der Waals surface area contributed by atoms with Crippen LogP contribution in [0.15, 0.2) is 24.3 Å². The summed E-state index contributed by atoms with van der Waals surface area (Å²) in [6.07, 6.45) is 10.5. The molecule has 0 radical (unpaired) electrons. The van der Waals surface area contributed by atoms with Gasteiger partial charge in [0.2, 0.25) is 0 Å². The van der Waals surface area contributed by atoms with Crippen molar-refractivity contribution in [2.45, 2.75) is 65.2 Å². The minimum atomic E-state index is -0.799. The van der Waals surface area contributed by atoms with Gasteiger partial charge in [-0.3, -0.25) is 0 Å². The average Bonchev–Trinajstić information content (AvgIpc) is 2.49. The molecule has 0 fully saturated rings. The van der Waals surface area contributed by atoms with Crippen LogP contribution in [0.25, 0.3) is 0 Å². The summed E-state index contributed by atoms with van der Waals surface area (Å²) in [5, 5.41) is 0. The van der Waals surface area contributed by atoms with Gasteiger partial charge in [0.25, 0.3) is 0 Å². The van der Waals surface area contributed by atoms with Crippen LogP contribution in [0.5, 0.6) is 0 Å². The van der Waals surface area contributed by atoms with E-state index in [4.69, 9.17) is 4.74 Å². The van der Waals surface area contributed by atoms with Crippen molar-refractivity contribution in [3.05, 3.63) is 35.9 Å². The van der Waals surface area contributed by atoms with Crippen LogP contribution in [0.2, 0.25) is 0 Å². The number of unbranched alkanes of at least 4 members (excludes halogenated alkanes) is 6. The van der Waals surface area contributed by atoms with Crippen molar-refractivity contribution in [3.8, 4) is 0 Å². The zero-order chi connectivity index (χ0) is 15.8. The topological polar surface area (TPSA) is 9.23 Å². The normalized spacial score (nSPS) is 10.1. The molecule has 0 saturated carbocycles. The Hall–Kier alpha value is -0.960. The van der Waals surface area contributed by atoms with Gasteiger partial charge in [-0.2, -0.15) is 0 Å². The SMILES string of the molecule is CCCCCCOCCCCCC.Fc1ccccc1F. The van der Waals surface area contributed by atoms with Crippen LogP contribution in [-0.4, -0.2) is 13.2 Å². The Morgan fingerprint density at radius 3 is 1.48 bits per heavy atom. The van der Waals surface area contributed by atoms with Crippen LogP contribution in [0, 0.1) is 11.6 Å². The highest BCUT2D eigenvalue weighted by atomic mass is 19.2. The molecule has 1 aromatic rings. The van der Waals surface area contributed by atoms with Gasteiger partial charge in [-0.15, -0.1) is 0 Å². The van der Waals surface area contributed by atoms with Gasteiger partial charge in [0.1, 0.15) is 0 Å². The molecule has 0 amide bonds. The Morgan fingerprint density at radius 2 is 1.14 bits per heavy atom. The second-order valence-electron chi connectivity index (χ2n) is 5.15. The first-order valence-electron chi connectivity index (χ1n) is 8.20. The quantitative estimate of drug-likeness (QED) is 0.472. The largest absolute Gasteiger partial charge is 0.381 e. The first-order valence-corrected chi connectivity index (χ1v) is 8.20. The van der Waals surface area contributed by atoms with Crippen molar-refractivity contribution in [3.63, 3.8) is 0 Å². The van der Waals surface area contributed by atoms with E-state index in [0.717, 1.165) is 25.3 Å². The third kappa shape index (κ3) is 13.8. The maximum absolute atomic E-state index is 11.9. The Kier molecular flexibility index (Phi) is 14.7. The average molecular weight is 300 g/mol. The van der Waals surface area contributed by atoms with E-state index in [-0.39, 0.29) is 0 Å². The molecule has 0 atom stereocenters. The monoisotopic (exact) mass is 300 g/mol. The number of halogens is 2.